The number of piperidine rings is 1. The van der Waals surface area contributed by atoms with Crippen LogP contribution in [-0.4, -0.2) is 47.2 Å². The number of aromatic nitrogens is 1. The fourth-order valence-electron chi connectivity index (χ4n) is 3.97. The normalized spacial score (nSPS) is 14.7. The van der Waals surface area contributed by atoms with Crippen molar-refractivity contribution in [1.29, 1.82) is 0 Å². The van der Waals surface area contributed by atoms with Gasteiger partial charge in [-0.1, -0.05) is 17.7 Å². The molecule has 6 heteroatoms. The van der Waals surface area contributed by atoms with Gasteiger partial charge >= 0.3 is 6.09 Å². The minimum Gasteiger partial charge on any atom is -0.450 e. The highest BCUT2D eigenvalue weighted by Crippen LogP contribution is 2.22. The average molecular weight is 398 g/mol. The van der Waals surface area contributed by atoms with Crippen LogP contribution in [0, 0.1) is 20.8 Å². The van der Waals surface area contributed by atoms with Gasteiger partial charge in [-0.2, -0.15) is 0 Å². The highest BCUT2D eigenvalue weighted by molar-refractivity contribution is 5.79. The Hall–Kier alpha value is -2.76. The first-order chi connectivity index (χ1) is 13.9. The number of hydrogen-bond acceptors (Lipinski definition) is 3. The van der Waals surface area contributed by atoms with Crippen LogP contribution in [0.1, 0.15) is 42.3 Å². The van der Waals surface area contributed by atoms with Crippen LogP contribution < -0.4 is 5.32 Å². The Labute approximate surface area is 172 Å². The number of aryl methyl sites for hydroxylation is 2. The van der Waals surface area contributed by atoms with Crippen LogP contribution in [0.5, 0.6) is 0 Å². The summed E-state index contributed by atoms with van der Waals surface area (Å²) in [5.74, 6) is 0.0312. The van der Waals surface area contributed by atoms with Crippen molar-refractivity contribution in [2.24, 2.45) is 0 Å². The Kier molecular flexibility index (Phi) is 6.62. The Morgan fingerprint density at radius 3 is 2.38 bits per heavy atom. The zero-order valence-electron chi connectivity index (χ0n) is 17.8. The van der Waals surface area contributed by atoms with Crippen LogP contribution in [-0.2, 0) is 16.0 Å². The zero-order chi connectivity index (χ0) is 21.0. The van der Waals surface area contributed by atoms with Crippen molar-refractivity contribution in [1.82, 2.24) is 14.8 Å². The van der Waals surface area contributed by atoms with Crippen molar-refractivity contribution < 1.29 is 14.3 Å². The van der Waals surface area contributed by atoms with Crippen molar-refractivity contribution in [3.63, 3.8) is 0 Å². The number of ether oxygens (including phenoxy) is 1. The summed E-state index contributed by atoms with van der Waals surface area (Å²) in [5, 5.41) is 3.14. The lowest BCUT2D eigenvalue weighted by Gasteiger charge is -2.31. The second kappa shape index (κ2) is 9.16. The summed E-state index contributed by atoms with van der Waals surface area (Å²) in [6, 6.07) is 10.6. The summed E-state index contributed by atoms with van der Waals surface area (Å²) >= 11 is 0. The van der Waals surface area contributed by atoms with Crippen molar-refractivity contribution in [3.8, 4) is 5.69 Å². The number of nitrogens with zero attached hydrogens (tertiary/aromatic N) is 2. The van der Waals surface area contributed by atoms with Gasteiger partial charge < -0.3 is 19.5 Å². The first kappa shape index (κ1) is 21.0. The van der Waals surface area contributed by atoms with Gasteiger partial charge in [0, 0.05) is 36.2 Å². The number of likely N-dealkylation sites (tertiary alicyclic amines) is 1. The maximum absolute atomic E-state index is 12.6. The zero-order valence-corrected chi connectivity index (χ0v) is 17.8. The Bertz CT molecular complexity index is 862. The molecule has 0 atom stereocenters. The van der Waals surface area contributed by atoms with Gasteiger partial charge in [-0.3, -0.25) is 4.79 Å². The van der Waals surface area contributed by atoms with E-state index in [1.54, 1.807) is 11.8 Å². The van der Waals surface area contributed by atoms with Gasteiger partial charge in [0.05, 0.1) is 13.0 Å². The maximum atomic E-state index is 12.6. The molecule has 1 saturated heterocycles. The Morgan fingerprint density at radius 1 is 1.10 bits per heavy atom. The number of benzene rings is 1. The van der Waals surface area contributed by atoms with E-state index in [2.05, 4.69) is 61.0 Å². The van der Waals surface area contributed by atoms with Crippen LogP contribution in [0.2, 0.25) is 0 Å². The molecule has 2 amide bonds. The van der Waals surface area contributed by atoms with Crippen LogP contribution >= 0.6 is 0 Å². The number of nitrogens with one attached hydrogen (secondary N) is 1. The molecule has 156 valence electrons. The molecule has 1 N–H and O–H groups in total. The molecule has 0 bridgehead atoms. The number of rotatable bonds is 5. The first-order valence-electron chi connectivity index (χ1n) is 10.3. The predicted molar refractivity (Wildman–Crippen MR) is 113 cm³/mol. The predicted octanol–water partition coefficient (Wildman–Crippen LogP) is 3.68. The van der Waals surface area contributed by atoms with Gasteiger partial charge in [0.15, 0.2) is 0 Å². The largest absolute Gasteiger partial charge is 0.450 e. The van der Waals surface area contributed by atoms with Gasteiger partial charge in [-0.15, -0.1) is 0 Å². The summed E-state index contributed by atoms with van der Waals surface area (Å²) in [6.45, 7) is 9.63. The lowest BCUT2D eigenvalue weighted by Crippen LogP contribution is -2.47. The highest BCUT2D eigenvalue weighted by atomic mass is 16.6. The third-order valence-corrected chi connectivity index (χ3v) is 5.57. The Morgan fingerprint density at radius 2 is 1.76 bits per heavy atom. The molecule has 3 rings (SSSR count). The van der Waals surface area contributed by atoms with Gasteiger partial charge in [0.1, 0.15) is 0 Å². The molecule has 0 unspecified atom stereocenters. The minimum absolute atomic E-state index is 0.0312. The Balaban J connectivity index is 1.58. The number of amides is 2. The number of carbonyl (C=O) groups excluding carboxylic acids is 2. The van der Waals surface area contributed by atoms with Gasteiger partial charge in [-0.05, 0) is 64.3 Å². The van der Waals surface area contributed by atoms with E-state index in [0.29, 0.717) is 26.1 Å². The van der Waals surface area contributed by atoms with Gasteiger partial charge in [0.2, 0.25) is 5.91 Å². The molecule has 1 aromatic heterocycles. The molecule has 0 saturated carbocycles. The molecule has 2 heterocycles. The number of carbonyl (C=O) groups is 2. The van der Waals surface area contributed by atoms with Crippen molar-refractivity contribution in [2.75, 3.05) is 19.7 Å². The smallest absolute Gasteiger partial charge is 0.409 e. The second-order valence-corrected chi connectivity index (χ2v) is 7.77. The molecule has 0 aliphatic carbocycles. The molecule has 0 radical (unpaired) electrons. The van der Waals surface area contributed by atoms with E-state index in [-0.39, 0.29) is 18.0 Å². The summed E-state index contributed by atoms with van der Waals surface area (Å²) in [7, 11) is 0. The lowest BCUT2D eigenvalue weighted by atomic mass is 10.0. The van der Waals surface area contributed by atoms with E-state index in [1.165, 1.54) is 5.56 Å². The fraction of sp³-hybridized carbons (Fsp3) is 0.478. The molecule has 1 fully saturated rings. The maximum Gasteiger partial charge on any atom is 0.409 e. The minimum atomic E-state index is -0.263. The summed E-state index contributed by atoms with van der Waals surface area (Å²) in [4.78, 5) is 26.1. The summed E-state index contributed by atoms with van der Waals surface area (Å²) in [5.41, 5.74) is 5.61. The highest BCUT2D eigenvalue weighted by Gasteiger charge is 2.25. The van der Waals surface area contributed by atoms with Gasteiger partial charge in [-0.25, -0.2) is 4.79 Å². The second-order valence-electron chi connectivity index (χ2n) is 7.77. The molecule has 1 aliphatic heterocycles. The van der Waals surface area contributed by atoms with E-state index in [0.717, 1.165) is 35.5 Å². The standard InChI is InChI=1S/C23H31N3O3/c1-5-29-23(28)25-12-10-20(11-13-25)24-22(27)15-19-14-17(3)26(18(19)4)21-8-6-16(2)7-9-21/h6-9,14,20H,5,10-13,15H2,1-4H3,(H,24,27). The van der Waals surface area contributed by atoms with Crippen molar-refractivity contribution in [2.45, 2.75) is 53.0 Å². The fourth-order valence-corrected chi connectivity index (χ4v) is 3.97. The van der Waals surface area contributed by atoms with E-state index in [4.69, 9.17) is 4.74 Å². The van der Waals surface area contributed by atoms with E-state index in [9.17, 15) is 9.59 Å². The first-order valence-corrected chi connectivity index (χ1v) is 10.3. The third-order valence-electron chi connectivity index (χ3n) is 5.57. The molecule has 1 aliphatic rings. The SMILES string of the molecule is CCOC(=O)N1CCC(NC(=O)Cc2cc(C)n(-c3ccc(C)cc3)c2C)CC1. The molecular formula is C23H31N3O3. The molecule has 1 aromatic carbocycles. The average Bonchev–Trinajstić information content (AvgIpc) is 2.96. The van der Waals surface area contributed by atoms with E-state index >= 15 is 0 Å². The van der Waals surface area contributed by atoms with Crippen LogP contribution in [0.25, 0.3) is 5.69 Å². The van der Waals surface area contributed by atoms with E-state index in [1.807, 2.05) is 0 Å². The summed E-state index contributed by atoms with van der Waals surface area (Å²) < 4.78 is 7.24. The van der Waals surface area contributed by atoms with Crippen LogP contribution in [0.15, 0.2) is 30.3 Å². The lowest BCUT2D eigenvalue weighted by molar-refractivity contribution is -0.121. The van der Waals surface area contributed by atoms with E-state index < -0.39 is 0 Å². The van der Waals surface area contributed by atoms with Crippen molar-refractivity contribution in [3.05, 3.63) is 52.8 Å². The molecule has 6 nitrogen and oxygen atoms in total. The molecule has 0 spiro atoms. The monoisotopic (exact) mass is 397 g/mol. The van der Waals surface area contributed by atoms with Crippen LogP contribution in [0.3, 0.4) is 0 Å². The van der Waals surface area contributed by atoms with Gasteiger partial charge in [0.25, 0.3) is 0 Å². The quantitative estimate of drug-likeness (QED) is 0.837. The molecule has 2 aromatic rings. The summed E-state index contributed by atoms with van der Waals surface area (Å²) in [6.07, 6.45) is 1.62. The molecular weight excluding hydrogens is 366 g/mol. The number of hydrogen-bond donors (Lipinski definition) is 1. The van der Waals surface area contributed by atoms with Crippen LogP contribution in [0.4, 0.5) is 4.79 Å². The van der Waals surface area contributed by atoms with Crippen molar-refractivity contribution >= 4 is 12.0 Å². The molecule has 29 heavy (non-hydrogen) atoms. The topological polar surface area (TPSA) is 63.6 Å². The third kappa shape index (κ3) is 5.00.